The number of allylic oxidation sites excluding steroid dienone is 1. The van der Waals surface area contributed by atoms with Crippen molar-refractivity contribution >= 4 is 6.29 Å². The minimum absolute atomic E-state index is 0.256. The van der Waals surface area contributed by atoms with Gasteiger partial charge in [0.15, 0.2) is 0 Å². The van der Waals surface area contributed by atoms with Crippen LogP contribution in [-0.2, 0) is 9.53 Å². The van der Waals surface area contributed by atoms with E-state index in [1.165, 1.54) is 0 Å². The number of methoxy groups -OCH3 is 1. The van der Waals surface area contributed by atoms with Crippen molar-refractivity contribution in [2.24, 2.45) is 0 Å². The Morgan fingerprint density at radius 2 is 2.27 bits per heavy atom. The number of hydrogen-bond acceptors (Lipinski definition) is 2. The highest BCUT2D eigenvalue weighted by atomic mass is 16.5. The first-order chi connectivity index (χ1) is 5.24. The summed E-state index contributed by atoms with van der Waals surface area (Å²) in [6.45, 7) is 4.01. The molecule has 11 heavy (non-hydrogen) atoms. The van der Waals surface area contributed by atoms with Gasteiger partial charge in [-0.3, -0.25) is 4.79 Å². The maximum Gasteiger partial charge on any atom is 0.142 e. The zero-order valence-corrected chi connectivity index (χ0v) is 7.46. The van der Waals surface area contributed by atoms with Crippen LogP contribution in [0.3, 0.4) is 0 Å². The molecular weight excluding hydrogens is 140 g/mol. The SMILES string of the molecule is CCC(C/C(C)=C/C=O)OC. The summed E-state index contributed by atoms with van der Waals surface area (Å²) in [5.74, 6) is 0. The molecule has 0 spiro atoms. The second kappa shape index (κ2) is 6.10. The molecule has 64 valence electrons. The van der Waals surface area contributed by atoms with E-state index in [4.69, 9.17) is 4.74 Å². The lowest BCUT2D eigenvalue weighted by Gasteiger charge is -2.11. The standard InChI is InChI=1S/C9H16O2/c1-4-9(11-3)7-8(2)5-6-10/h5-6,9H,4,7H2,1-3H3/b8-5+. The van der Waals surface area contributed by atoms with Crippen molar-refractivity contribution in [3.05, 3.63) is 11.6 Å². The van der Waals surface area contributed by atoms with Crippen LogP contribution in [0.25, 0.3) is 0 Å². The molecule has 0 saturated carbocycles. The maximum atomic E-state index is 10.1. The third-order valence-corrected chi connectivity index (χ3v) is 1.69. The van der Waals surface area contributed by atoms with E-state index in [0.29, 0.717) is 0 Å². The van der Waals surface area contributed by atoms with Gasteiger partial charge in [0.25, 0.3) is 0 Å². The maximum absolute atomic E-state index is 10.1. The molecule has 2 nitrogen and oxygen atoms in total. The minimum Gasteiger partial charge on any atom is -0.381 e. The van der Waals surface area contributed by atoms with Gasteiger partial charge in [-0.1, -0.05) is 12.5 Å². The highest BCUT2D eigenvalue weighted by Gasteiger charge is 2.03. The monoisotopic (exact) mass is 156 g/mol. The normalized spacial score (nSPS) is 14.6. The van der Waals surface area contributed by atoms with Crippen LogP contribution in [0.2, 0.25) is 0 Å². The molecule has 0 heterocycles. The van der Waals surface area contributed by atoms with Crippen molar-refractivity contribution in [3.8, 4) is 0 Å². The van der Waals surface area contributed by atoms with Crippen LogP contribution in [-0.4, -0.2) is 19.5 Å². The van der Waals surface area contributed by atoms with Crippen LogP contribution < -0.4 is 0 Å². The van der Waals surface area contributed by atoms with Crippen molar-refractivity contribution in [1.82, 2.24) is 0 Å². The van der Waals surface area contributed by atoms with Crippen molar-refractivity contribution in [1.29, 1.82) is 0 Å². The predicted octanol–water partition coefficient (Wildman–Crippen LogP) is 1.95. The summed E-state index contributed by atoms with van der Waals surface area (Å²) in [4.78, 5) is 10.1. The van der Waals surface area contributed by atoms with Crippen LogP contribution in [0.4, 0.5) is 0 Å². The molecule has 0 aliphatic rings. The predicted molar refractivity (Wildman–Crippen MR) is 45.5 cm³/mol. The summed E-state index contributed by atoms with van der Waals surface area (Å²) in [6.07, 6.45) is 4.50. The Balaban J connectivity index is 3.80. The smallest absolute Gasteiger partial charge is 0.142 e. The zero-order valence-electron chi connectivity index (χ0n) is 7.46. The fourth-order valence-electron chi connectivity index (χ4n) is 0.938. The number of ether oxygens (including phenoxy) is 1. The molecule has 0 bridgehead atoms. The highest BCUT2D eigenvalue weighted by Crippen LogP contribution is 2.09. The van der Waals surface area contributed by atoms with Gasteiger partial charge in [-0.25, -0.2) is 0 Å². The molecule has 0 N–H and O–H groups in total. The molecule has 1 unspecified atom stereocenters. The summed E-state index contributed by atoms with van der Waals surface area (Å²) < 4.78 is 5.16. The van der Waals surface area contributed by atoms with Crippen LogP contribution in [0.5, 0.6) is 0 Å². The molecule has 0 radical (unpaired) electrons. The second-order valence-electron chi connectivity index (χ2n) is 2.62. The van der Waals surface area contributed by atoms with Crippen molar-refractivity contribution in [2.75, 3.05) is 7.11 Å². The summed E-state index contributed by atoms with van der Waals surface area (Å²) in [5.41, 5.74) is 1.08. The van der Waals surface area contributed by atoms with Gasteiger partial charge in [-0.05, 0) is 25.8 Å². The zero-order chi connectivity index (χ0) is 8.69. The van der Waals surface area contributed by atoms with Crippen LogP contribution >= 0.6 is 0 Å². The van der Waals surface area contributed by atoms with E-state index in [2.05, 4.69) is 6.92 Å². The van der Waals surface area contributed by atoms with Crippen molar-refractivity contribution < 1.29 is 9.53 Å². The van der Waals surface area contributed by atoms with Gasteiger partial charge in [0.05, 0.1) is 6.10 Å². The lowest BCUT2D eigenvalue weighted by atomic mass is 10.1. The molecule has 0 saturated heterocycles. The fraction of sp³-hybridized carbons (Fsp3) is 0.667. The molecular formula is C9H16O2. The Bertz CT molecular complexity index is 134. The molecule has 0 aliphatic carbocycles. The first kappa shape index (κ1) is 10.4. The van der Waals surface area contributed by atoms with E-state index in [1.54, 1.807) is 13.2 Å². The minimum atomic E-state index is 0.256. The molecule has 0 amide bonds. The Kier molecular flexibility index (Phi) is 5.75. The van der Waals surface area contributed by atoms with E-state index >= 15 is 0 Å². The van der Waals surface area contributed by atoms with Gasteiger partial charge in [-0.15, -0.1) is 0 Å². The largest absolute Gasteiger partial charge is 0.381 e. The van der Waals surface area contributed by atoms with Crippen LogP contribution in [0, 0.1) is 0 Å². The number of carbonyl (C=O) groups is 1. The van der Waals surface area contributed by atoms with Gasteiger partial charge in [0, 0.05) is 7.11 Å². The molecule has 0 aromatic rings. The molecule has 0 fully saturated rings. The third-order valence-electron chi connectivity index (χ3n) is 1.69. The first-order valence-corrected chi connectivity index (χ1v) is 3.88. The summed E-state index contributed by atoms with van der Waals surface area (Å²) in [5, 5.41) is 0. The van der Waals surface area contributed by atoms with Crippen molar-refractivity contribution in [3.63, 3.8) is 0 Å². The Morgan fingerprint density at radius 3 is 2.64 bits per heavy atom. The van der Waals surface area contributed by atoms with Gasteiger partial charge in [-0.2, -0.15) is 0 Å². The molecule has 0 aromatic carbocycles. The Morgan fingerprint density at radius 1 is 1.64 bits per heavy atom. The molecule has 0 rings (SSSR count). The molecule has 1 atom stereocenters. The van der Waals surface area contributed by atoms with Gasteiger partial charge >= 0.3 is 0 Å². The first-order valence-electron chi connectivity index (χ1n) is 3.88. The van der Waals surface area contributed by atoms with E-state index in [9.17, 15) is 4.79 Å². The average Bonchev–Trinajstić information content (AvgIpc) is 2.01. The second-order valence-corrected chi connectivity index (χ2v) is 2.62. The topological polar surface area (TPSA) is 26.3 Å². The summed E-state index contributed by atoms with van der Waals surface area (Å²) in [7, 11) is 1.70. The van der Waals surface area contributed by atoms with Crippen molar-refractivity contribution in [2.45, 2.75) is 32.8 Å². The summed E-state index contributed by atoms with van der Waals surface area (Å²) >= 11 is 0. The molecule has 0 aliphatic heterocycles. The molecule has 2 heteroatoms. The van der Waals surface area contributed by atoms with Gasteiger partial charge < -0.3 is 4.74 Å². The molecule has 0 aromatic heterocycles. The van der Waals surface area contributed by atoms with Gasteiger partial charge in [0.2, 0.25) is 0 Å². The Labute approximate surface area is 68.2 Å². The van der Waals surface area contributed by atoms with Crippen LogP contribution in [0.1, 0.15) is 26.7 Å². The summed E-state index contributed by atoms with van der Waals surface area (Å²) in [6, 6.07) is 0. The number of carbonyl (C=O) groups excluding carboxylic acids is 1. The van der Waals surface area contributed by atoms with Crippen LogP contribution in [0.15, 0.2) is 11.6 Å². The van der Waals surface area contributed by atoms with E-state index in [0.717, 1.165) is 24.7 Å². The van der Waals surface area contributed by atoms with E-state index in [1.807, 2.05) is 6.92 Å². The van der Waals surface area contributed by atoms with E-state index < -0.39 is 0 Å². The van der Waals surface area contributed by atoms with E-state index in [-0.39, 0.29) is 6.10 Å². The quantitative estimate of drug-likeness (QED) is 0.449. The lowest BCUT2D eigenvalue weighted by Crippen LogP contribution is -2.08. The third kappa shape index (κ3) is 4.73. The van der Waals surface area contributed by atoms with Gasteiger partial charge in [0.1, 0.15) is 6.29 Å². The average molecular weight is 156 g/mol. The highest BCUT2D eigenvalue weighted by molar-refractivity contribution is 5.65. The number of aldehydes is 1. The number of rotatable bonds is 5. The lowest BCUT2D eigenvalue weighted by molar-refractivity contribution is -0.104. The number of hydrogen-bond donors (Lipinski definition) is 0. The Hall–Kier alpha value is -0.630. The fourth-order valence-corrected chi connectivity index (χ4v) is 0.938.